The van der Waals surface area contributed by atoms with Gasteiger partial charge in [0.05, 0.1) is 0 Å². The molecule has 2 saturated heterocycles. The van der Waals surface area contributed by atoms with E-state index in [0.717, 1.165) is 20.9 Å². The first-order valence-corrected chi connectivity index (χ1v) is 11.9. The molecule has 0 aliphatic carbocycles. The Bertz CT molecular complexity index is 1150. The minimum absolute atomic E-state index is 0.264. The number of thiophene rings is 1. The Balaban J connectivity index is 1.32. The maximum Gasteiger partial charge on any atom is 0.190 e. The van der Waals surface area contributed by atoms with Gasteiger partial charge in [0.1, 0.15) is 30.2 Å². The first-order chi connectivity index (χ1) is 15.7. The molecule has 0 bridgehead atoms. The van der Waals surface area contributed by atoms with E-state index in [2.05, 4.69) is 0 Å². The molecule has 8 heteroatoms. The van der Waals surface area contributed by atoms with Gasteiger partial charge in [-0.1, -0.05) is 35.9 Å². The van der Waals surface area contributed by atoms with E-state index in [9.17, 15) is 14.6 Å². The van der Waals surface area contributed by atoms with Crippen LogP contribution in [0.4, 0.5) is 4.39 Å². The van der Waals surface area contributed by atoms with E-state index in [-0.39, 0.29) is 5.82 Å². The molecule has 5 atom stereocenters. The lowest BCUT2D eigenvalue weighted by atomic mass is 9.97. The lowest BCUT2D eigenvalue weighted by Gasteiger charge is -2.26. The van der Waals surface area contributed by atoms with E-state index in [1.807, 2.05) is 18.2 Å². The second-order valence-electron chi connectivity index (χ2n) is 8.81. The van der Waals surface area contributed by atoms with Gasteiger partial charge in [-0.25, -0.2) is 4.39 Å². The molecule has 2 aliphatic heterocycles. The molecule has 33 heavy (non-hydrogen) atoms. The molecule has 5 rings (SSSR count). The molecular weight excluding hydrogens is 467 g/mol. The van der Waals surface area contributed by atoms with Crippen molar-refractivity contribution in [3.8, 4) is 10.4 Å². The molecule has 5 unspecified atom stereocenters. The fourth-order valence-electron chi connectivity index (χ4n) is 4.31. The molecule has 3 heterocycles. The largest absolute Gasteiger partial charge is 0.387 e. The van der Waals surface area contributed by atoms with E-state index >= 15 is 0 Å². The Hall–Kier alpha value is -1.84. The SMILES string of the molecule is CC1(C)OC2OC(C(O)c3ccc(Cl)c(Cc4ccc(-c5ccc(F)cc5)s4)c3)C(O)C2O1. The van der Waals surface area contributed by atoms with Gasteiger partial charge in [0.15, 0.2) is 12.1 Å². The van der Waals surface area contributed by atoms with Crippen LogP contribution in [-0.4, -0.2) is 40.6 Å². The average molecular weight is 491 g/mol. The van der Waals surface area contributed by atoms with E-state index in [0.29, 0.717) is 17.0 Å². The second kappa shape index (κ2) is 8.74. The smallest absolute Gasteiger partial charge is 0.190 e. The van der Waals surface area contributed by atoms with Crippen LogP contribution >= 0.6 is 22.9 Å². The van der Waals surface area contributed by atoms with Gasteiger partial charge in [-0.15, -0.1) is 11.3 Å². The molecule has 5 nitrogen and oxygen atoms in total. The van der Waals surface area contributed by atoms with Gasteiger partial charge in [-0.05, 0) is 60.9 Å². The van der Waals surface area contributed by atoms with Crippen molar-refractivity contribution in [1.82, 2.24) is 0 Å². The molecule has 0 radical (unpaired) electrons. The van der Waals surface area contributed by atoms with Gasteiger partial charge in [0.25, 0.3) is 0 Å². The average Bonchev–Trinajstić information content (AvgIpc) is 3.44. The van der Waals surface area contributed by atoms with Crippen molar-refractivity contribution >= 4 is 22.9 Å². The summed E-state index contributed by atoms with van der Waals surface area (Å²) in [7, 11) is 0. The molecule has 2 fully saturated rings. The van der Waals surface area contributed by atoms with Crippen molar-refractivity contribution in [1.29, 1.82) is 0 Å². The maximum atomic E-state index is 13.2. The number of hydrogen-bond acceptors (Lipinski definition) is 6. The van der Waals surface area contributed by atoms with Crippen LogP contribution in [0, 0.1) is 5.82 Å². The molecular formula is C25H24ClFO5S. The monoisotopic (exact) mass is 490 g/mol. The predicted molar refractivity (Wildman–Crippen MR) is 124 cm³/mol. The zero-order valence-corrected chi connectivity index (χ0v) is 19.6. The molecule has 0 spiro atoms. The molecule has 0 saturated carbocycles. The standard InChI is InChI=1S/C25H24ClFO5S/c1-25(2)31-23-21(29)22(30-24(23)32-25)20(28)14-5-9-18(26)15(11-14)12-17-8-10-19(33-17)13-3-6-16(27)7-4-13/h3-11,20-24,28-29H,12H2,1-2H3. The zero-order valence-electron chi connectivity index (χ0n) is 18.1. The zero-order chi connectivity index (χ0) is 23.3. The van der Waals surface area contributed by atoms with Crippen molar-refractivity contribution in [2.24, 2.45) is 0 Å². The minimum atomic E-state index is -1.07. The molecule has 2 aromatic carbocycles. The van der Waals surface area contributed by atoms with Crippen molar-refractivity contribution in [2.45, 2.75) is 56.8 Å². The molecule has 2 N–H and O–H groups in total. The number of halogens is 2. The van der Waals surface area contributed by atoms with Crippen molar-refractivity contribution in [2.75, 3.05) is 0 Å². The summed E-state index contributed by atoms with van der Waals surface area (Å²) in [6.45, 7) is 3.51. The summed E-state index contributed by atoms with van der Waals surface area (Å²) >= 11 is 8.06. The van der Waals surface area contributed by atoms with Crippen LogP contribution < -0.4 is 0 Å². The van der Waals surface area contributed by atoms with Crippen molar-refractivity contribution in [3.63, 3.8) is 0 Å². The first kappa shape index (κ1) is 22.9. The van der Waals surface area contributed by atoms with Gasteiger partial charge < -0.3 is 24.4 Å². The number of aliphatic hydroxyl groups is 2. The number of hydrogen-bond donors (Lipinski definition) is 2. The molecule has 174 valence electrons. The Morgan fingerprint density at radius 2 is 1.85 bits per heavy atom. The van der Waals surface area contributed by atoms with Crippen molar-refractivity contribution < 1.29 is 28.8 Å². The first-order valence-electron chi connectivity index (χ1n) is 10.7. The van der Waals surface area contributed by atoms with Crippen LogP contribution in [0.15, 0.2) is 54.6 Å². The third-order valence-corrected chi connectivity index (χ3v) is 7.43. The maximum absolute atomic E-state index is 13.2. The quantitative estimate of drug-likeness (QED) is 0.522. The summed E-state index contributed by atoms with van der Waals surface area (Å²) in [5.41, 5.74) is 2.39. The lowest BCUT2D eigenvalue weighted by Crippen LogP contribution is -2.37. The molecule has 0 amide bonds. The number of ether oxygens (including phenoxy) is 3. The summed E-state index contributed by atoms with van der Waals surface area (Å²) < 4.78 is 30.4. The Morgan fingerprint density at radius 1 is 1.09 bits per heavy atom. The highest BCUT2D eigenvalue weighted by atomic mass is 35.5. The Labute approximate surface area is 200 Å². The number of rotatable bonds is 5. The Morgan fingerprint density at radius 3 is 2.58 bits per heavy atom. The topological polar surface area (TPSA) is 68.2 Å². The van der Waals surface area contributed by atoms with Crippen molar-refractivity contribution in [3.05, 3.63) is 81.4 Å². The van der Waals surface area contributed by atoms with E-state index in [4.69, 9.17) is 25.8 Å². The molecule has 3 aromatic rings. The number of fused-ring (bicyclic) bond motifs is 1. The van der Waals surface area contributed by atoms with E-state index < -0.39 is 36.5 Å². The second-order valence-corrected chi connectivity index (χ2v) is 10.4. The third kappa shape index (κ3) is 4.59. The Kier molecular flexibility index (Phi) is 6.07. The van der Waals surface area contributed by atoms with Gasteiger partial charge in [-0.3, -0.25) is 0 Å². The fraction of sp³-hybridized carbons (Fsp3) is 0.360. The minimum Gasteiger partial charge on any atom is -0.387 e. The number of aliphatic hydroxyl groups excluding tert-OH is 2. The summed E-state index contributed by atoms with van der Waals surface area (Å²) in [5, 5.41) is 22.2. The van der Waals surface area contributed by atoms with Gasteiger partial charge in [-0.2, -0.15) is 0 Å². The molecule has 1 aromatic heterocycles. The van der Waals surface area contributed by atoms with Crippen LogP contribution in [0.1, 0.15) is 36.0 Å². The van der Waals surface area contributed by atoms with Crippen LogP contribution in [0.3, 0.4) is 0 Å². The van der Waals surface area contributed by atoms with Gasteiger partial charge in [0.2, 0.25) is 0 Å². The van der Waals surface area contributed by atoms with Gasteiger partial charge >= 0.3 is 0 Å². The van der Waals surface area contributed by atoms with Crippen LogP contribution in [-0.2, 0) is 20.6 Å². The highest BCUT2D eigenvalue weighted by molar-refractivity contribution is 7.15. The number of benzene rings is 2. The predicted octanol–water partition coefficient (Wildman–Crippen LogP) is 5.07. The van der Waals surface area contributed by atoms with E-state index in [1.54, 1.807) is 49.4 Å². The van der Waals surface area contributed by atoms with Crippen LogP contribution in [0.2, 0.25) is 5.02 Å². The summed E-state index contributed by atoms with van der Waals surface area (Å²) in [6, 6.07) is 15.7. The third-order valence-electron chi connectivity index (χ3n) is 5.93. The highest BCUT2D eigenvalue weighted by Gasteiger charge is 2.56. The van der Waals surface area contributed by atoms with Crippen LogP contribution in [0.5, 0.6) is 0 Å². The van der Waals surface area contributed by atoms with Crippen LogP contribution in [0.25, 0.3) is 10.4 Å². The highest BCUT2D eigenvalue weighted by Crippen LogP contribution is 2.41. The van der Waals surface area contributed by atoms with E-state index in [1.165, 1.54) is 12.1 Å². The lowest BCUT2D eigenvalue weighted by molar-refractivity contribution is -0.226. The normalized spacial score (nSPS) is 27.0. The fourth-order valence-corrected chi connectivity index (χ4v) is 5.53. The van der Waals surface area contributed by atoms with Gasteiger partial charge in [0, 0.05) is 21.2 Å². The summed E-state index contributed by atoms with van der Waals surface area (Å²) in [4.78, 5) is 2.12. The molecule has 2 aliphatic rings. The summed E-state index contributed by atoms with van der Waals surface area (Å²) in [6.07, 6.45) is -3.78. The summed E-state index contributed by atoms with van der Waals surface area (Å²) in [5.74, 6) is -1.10.